The van der Waals surface area contributed by atoms with E-state index in [0.717, 1.165) is 30.9 Å². The summed E-state index contributed by atoms with van der Waals surface area (Å²) in [6.07, 6.45) is 2.92. The van der Waals surface area contributed by atoms with Gasteiger partial charge in [0, 0.05) is 31.0 Å². The van der Waals surface area contributed by atoms with Crippen LogP contribution in [0.1, 0.15) is 25.7 Å². The first-order valence-corrected chi connectivity index (χ1v) is 11.0. The van der Waals surface area contributed by atoms with Crippen molar-refractivity contribution < 1.29 is 22.7 Å². The van der Waals surface area contributed by atoms with E-state index in [1.54, 1.807) is 7.11 Å². The maximum absolute atomic E-state index is 12.7. The molecule has 2 aliphatic rings. The number of likely N-dealkylation sites (tertiary alicyclic amines) is 1. The van der Waals surface area contributed by atoms with E-state index in [1.807, 2.05) is 29.2 Å². The molecule has 0 saturated carbocycles. The Morgan fingerprint density at radius 1 is 1.19 bits per heavy atom. The van der Waals surface area contributed by atoms with E-state index >= 15 is 0 Å². The minimum atomic E-state index is -2.94. The Bertz CT molecular complexity index is 719. The van der Waals surface area contributed by atoms with Crippen LogP contribution in [0.25, 0.3) is 0 Å². The fourth-order valence-corrected chi connectivity index (χ4v) is 5.19. The molecule has 144 valence electrons. The molecular weight excluding hydrogens is 354 g/mol. The predicted molar refractivity (Wildman–Crippen MR) is 99.2 cm³/mol. The highest BCUT2D eigenvalue weighted by Gasteiger charge is 2.33. The number of hydrogen-bond acceptors (Lipinski definition) is 5. The number of benzene rings is 1. The topological polar surface area (TPSA) is 72.9 Å². The quantitative estimate of drug-likeness (QED) is 0.781. The monoisotopic (exact) mass is 381 g/mol. The lowest BCUT2D eigenvalue weighted by molar-refractivity contribution is -0.137. The normalized spacial score (nSPS) is 23.4. The Hall–Kier alpha value is -1.76. The lowest BCUT2D eigenvalue weighted by atomic mass is 9.95. The molecule has 2 fully saturated rings. The summed E-state index contributed by atoms with van der Waals surface area (Å²) in [4.78, 5) is 14.6. The molecular formula is C19H27NO5S. The second-order valence-electron chi connectivity index (χ2n) is 7.21. The van der Waals surface area contributed by atoms with Gasteiger partial charge in [0.25, 0.3) is 0 Å². The molecule has 26 heavy (non-hydrogen) atoms. The highest BCUT2D eigenvalue weighted by molar-refractivity contribution is 7.91. The number of rotatable bonds is 5. The molecule has 0 aliphatic carbocycles. The van der Waals surface area contributed by atoms with Gasteiger partial charge in [0.05, 0.1) is 25.2 Å². The largest absolute Gasteiger partial charge is 0.497 e. The fraction of sp³-hybridized carbons (Fsp3) is 0.632. The zero-order chi connectivity index (χ0) is 18.6. The number of sulfone groups is 1. The van der Waals surface area contributed by atoms with Crippen LogP contribution in [-0.4, -0.2) is 57.5 Å². The third-order valence-corrected chi connectivity index (χ3v) is 6.98. The molecule has 6 nitrogen and oxygen atoms in total. The van der Waals surface area contributed by atoms with Crippen molar-refractivity contribution in [1.29, 1.82) is 0 Å². The van der Waals surface area contributed by atoms with Crippen LogP contribution in [-0.2, 0) is 14.6 Å². The van der Waals surface area contributed by atoms with Gasteiger partial charge in [-0.3, -0.25) is 4.79 Å². The van der Waals surface area contributed by atoms with Crippen molar-refractivity contribution in [3.63, 3.8) is 0 Å². The summed E-state index contributed by atoms with van der Waals surface area (Å²) in [6, 6.07) is 7.52. The van der Waals surface area contributed by atoms with Gasteiger partial charge in [0.1, 0.15) is 21.3 Å². The molecule has 7 heteroatoms. The Morgan fingerprint density at radius 2 is 1.92 bits per heavy atom. The van der Waals surface area contributed by atoms with Crippen molar-refractivity contribution in [3.8, 4) is 11.5 Å². The highest BCUT2D eigenvalue weighted by atomic mass is 32.2. The third-order valence-electron chi connectivity index (χ3n) is 5.26. The molecule has 0 spiro atoms. The molecule has 0 aromatic heterocycles. The van der Waals surface area contributed by atoms with Crippen molar-refractivity contribution >= 4 is 15.7 Å². The van der Waals surface area contributed by atoms with Gasteiger partial charge in [0.2, 0.25) is 5.91 Å². The molecule has 1 amide bonds. The first-order valence-electron chi connectivity index (χ1n) is 9.23. The van der Waals surface area contributed by atoms with Crippen molar-refractivity contribution in [2.45, 2.75) is 25.7 Å². The molecule has 2 aliphatic heterocycles. The summed E-state index contributed by atoms with van der Waals surface area (Å²) < 4.78 is 34.2. The van der Waals surface area contributed by atoms with E-state index in [4.69, 9.17) is 9.47 Å². The van der Waals surface area contributed by atoms with Crippen LogP contribution in [0.2, 0.25) is 0 Å². The molecule has 0 bridgehead atoms. The maximum Gasteiger partial charge on any atom is 0.225 e. The first kappa shape index (κ1) is 19.0. The van der Waals surface area contributed by atoms with Gasteiger partial charge in [-0.1, -0.05) is 6.07 Å². The van der Waals surface area contributed by atoms with Crippen molar-refractivity contribution in [2.75, 3.05) is 38.3 Å². The number of carbonyl (C=O) groups is 1. The lowest BCUT2D eigenvalue weighted by Gasteiger charge is -2.35. The molecule has 1 atom stereocenters. The maximum atomic E-state index is 12.7. The zero-order valence-electron chi connectivity index (χ0n) is 15.2. The Balaban J connectivity index is 1.51. The lowest BCUT2D eigenvalue weighted by Crippen LogP contribution is -2.45. The third kappa shape index (κ3) is 4.90. The van der Waals surface area contributed by atoms with Gasteiger partial charge in [-0.2, -0.15) is 0 Å². The van der Waals surface area contributed by atoms with Crippen LogP contribution in [0.3, 0.4) is 0 Å². The van der Waals surface area contributed by atoms with Crippen LogP contribution in [0, 0.1) is 11.8 Å². The number of nitrogens with zero attached hydrogens (tertiary/aromatic N) is 1. The number of ether oxygens (including phenoxy) is 2. The van der Waals surface area contributed by atoms with Crippen LogP contribution < -0.4 is 9.47 Å². The van der Waals surface area contributed by atoms with Crippen LogP contribution in [0.15, 0.2) is 24.3 Å². The van der Waals surface area contributed by atoms with Crippen LogP contribution >= 0.6 is 0 Å². The van der Waals surface area contributed by atoms with E-state index < -0.39 is 9.84 Å². The minimum absolute atomic E-state index is 0.117. The second-order valence-corrected chi connectivity index (χ2v) is 9.51. The number of carbonyl (C=O) groups excluding carboxylic acids is 1. The van der Waals surface area contributed by atoms with Crippen LogP contribution in [0.4, 0.5) is 0 Å². The standard InChI is InChI=1S/C19H27NO5S/c1-24-17-5-2-6-18(12-17)25-14-15-4-3-9-20(13-15)19(21)16-7-10-26(22,23)11-8-16/h2,5-6,12,15-16H,3-4,7-11,13-14H2,1H3/t15-/m0/s1. The number of methoxy groups -OCH3 is 1. The van der Waals surface area contributed by atoms with Crippen molar-refractivity contribution in [2.24, 2.45) is 11.8 Å². The Morgan fingerprint density at radius 3 is 2.65 bits per heavy atom. The Labute approximate surface area is 155 Å². The molecule has 0 N–H and O–H groups in total. The minimum Gasteiger partial charge on any atom is -0.497 e. The summed E-state index contributed by atoms with van der Waals surface area (Å²) in [5.74, 6) is 2.08. The van der Waals surface area contributed by atoms with Gasteiger partial charge >= 0.3 is 0 Å². The van der Waals surface area contributed by atoms with Gasteiger partial charge in [0.15, 0.2) is 0 Å². The molecule has 1 aromatic rings. The van der Waals surface area contributed by atoms with E-state index in [1.165, 1.54) is 0 Å². The average molecular weight is 381 g/mol. The van der Waals surface area contributed by atoms with Crippen molar-refractivity contribution in [1.82, 2.24) is 4.90 Å². The number of hydrogen-bond donors (Lipinski definition) is 0. The summed E-state index contributed by atoms with van der Waals surface area (Å²) in [5.41, 5.74) is 0. The summed E-state index contributed by atoms with van der Waals surface area (Å²) in [6.45, 7) is 2.01. The summed E-state index contributed by atoms with van der Waals surface area (Å²) in [7, 11) is -1.31. The molecule has 0 radical (unpaired) electrons. The average Bonchev–Trinajstić information content (AvgIpc) is 2.66. The second kappa shape index (κ2) is 8.29. The molecule has 3 rings (SSSR count). The van der Waals surface area contributed by atoms with Gasteiger partial charge < -0.3 is 14.4 Å². The summed E-state index contributed by atoms with van der Waals surface area (Å²) in [5, 5.41) is 0. The number of piperidine rings is 1. The molecule has 2 heterocycles. The molecule has 1 aromatic carbocycles. The smallest absolute Gasteiger partial charge is 0.225 e. The first-order chi connectivity index (χ1) is 12.5. The van der Waals surface area contributed by atoms with E-state index in [0.29, 0.717) is 31.9 Å². The molecule has 2 saturated heterocycles. The Kier molecular flexibility index (Phi) is 6.06. The highest BCUT2D eigenvalue weighted by Crippen LogP contribution is 2.26. The van der Waals surface area contributed by atoms with E-state index in [2.05, 4.69) is 0 Å². The fourth-order valence-electron chi connectivity index (χ4n) is 3.70. The van der Waals surface area contributed by atoms with Crippen molar-refractivity contribution in [3.05, 3.63) is 24.3 Å². The van der Waals surface area contributed by atoms with Gasteiger partial charge in [-0.15, -0.1) is 0 Å². The van der Waals surface area contributed by atoms with E-state index in [9.17, 15) is 13.2 Å². The zero-order valence-corrected chi connectivity index (χ0v) is 16.0. The van der Waals surface area contributed by atoms with E-state index in [-0.39, 0.29) is 23.3 Å². The van der Waals surface area contributed by atoms with Crippen LogP contribution in [0.5, 0.6) is 11.5 Å². The molecule has 0 unspecified atom stereocenters. The predicted octanol–water partition coefficient (Wildman–Crippen LogP) is 2.14. The van der Waals surface area contributed by atoms with Gasteiger partial charge in [-0.05, 0) is 37.8 Å². The van der Waals surface area contributed by atoms with Gasteiger partial charge in [-0.25, -0.2) is 8.42 Å². The SMILES string of the molecule is COc1cccc(OC[C@H]2CCCN(C(=O)C3CCS(=O)(=O)CC3)C2)c1. The summed E-state index contributed by atoms with van der Waals surface area (Å²) >= 11 is 0. The number of amides is 1.